The molecule has 234 valence electrons. The van der Waals surface area contributed by atoms with E-state index in [4.69, 9.17) is 17.2 Å². The van der Waals surface area contributed by atoms with Crippen LogP contribution >= 0.6 is 0 Å². The summed E-state index contributed by atoms with van der Waals surface area (Å²) < 4.78 is 0. The smallest absolute Gasteiger partial charge is 0.280 e. The molecule has 2 heterocycles. The molecule has 1 saturated heterocycles. The molecular formula is C28H55N11O2. The molecular weight excluding hydrogens is 522 g/mol. The Balaban J connectivity index is 0.000000452. The molecule has 0 unspecified atom stereocenters. The molecule has 2 amide bonds. The molecule has 13 heteroatoms. The van der Waals surface area contributed by atoms with Gasteiger partial charge in [-0.15, -0.1) is 0 Å². The van der Waals surface area contributed by atoms with Gasteiger partial charge in [-0.25, -0.2) is 9.97 Å². The number of guanidine groups is 1. The normalized spacial score (nSPS) is 14.7. The van der Waals surface area contributed by atoms with Gasteiger partial charge in [0.25, 0.3) is 5.91 Å². The van der Waals surface area contributed by atoms with Crippen molar-refractivity contribution in [2.75, 3.05) is 85.0 Å². The van der Waals surface area contributed by atoms with Gasteiger partial charge in [0, 0.05) is 33.1 Å². The number of carbonyl (C=O) groups is 2. The SMILES string of the molecule is CCCCCN1CCCN(CCCCC(=O)NCCCN(C)C)CC1.CN=C(N)NC(=O)c1nc(C)c(N)nc1N. The summed E-state index contributed by atoms with van der Waals surface area (Å²) in [7, 11) is 5.57. The molecule has 0 spiro atoms. The summed E-state index contributed by atoms with van der Waals surface area (Å²) in [5.74, 6) is -0.246. The standard InChI is InChI=1S/C20H42N4O.C8H13N7O/c1-4-5-7-14-23-16-10-17-24(19-18-23)15-8-6-11-20(25)21-12-9-13-22(2)3;1-3-5(9)14-6(10)4(13-3)7(16)15-8(11)12-2/h4-19H2,1-3H3,(H,21,25);1-2H3,(H4,9,10,14)(H3,11,12,15,16). The van der Waals surface area contributed by atoms with Gasteiger partial charge in [0.05, 0.1) is 5.69 Å². The molecule has 13 nitrogen and oxygen atoms in total. The monoisotopic (exact) mass is 577 g/mol. The molecule has 41 heavy (non-hydrogen) atoms. The summed E-state index contributed by atoms with van der Waals surface area (Å²) >= 11 is 0. The van der Waals surface area contributed by atoms with Crippen LogP contribution in [0.4, 0.5) is 11.6 Å². The van der Waals surface area contributed by atoms with Crippen LogP contribution in [0.5, 0.6) is 0 Å². The largest absolute Gasteiger partial charge is 0.382 e. The van der Waals surface area contributed by atoms with E-state index >= 15 is 0 Å². The Morgan fingerprint density at radius 1 is 0.951 bits per heavy atom. The van der Waals surface area contributed by atoms with Gasteiger partial charge in [-0.2, -0.15) is 0 Å². The van der Waals surface area contributed by atoms with Crippen molar-refractivity contribution in [3.63, 3.8) is 0 Å². The number of nitrogens with one attached hydrogen (secondary N) is 2. The molecule has 8 N–H and O–H groups in total. The molecule has 1 aromatic rings. The van der Waals surface area contributed by atoms with Crippen LogP contribution in [0.1, 0.15) is 74.5 Å². The van der Waals surface area contributed by atoms with Crippen LogP contribution in [0.15, 0.2) is 4.99 Å². The van der Waals surface area contributed by atoms with Gasteiger partial charge in [0.2, 0.25) is 5.91 Å². The molecule has 0 aromatic carbocycles. The second-order valence-corrected chi connectivity index (χ2v) is 10.7. The fourth-order valence-corrected chi connectivity index (χ4v) is 4.33. The lowest BCUT2D eigenvalue weighted by Crippen LogP contribution is -2.37. The molecule has 0 bridgehead atoms. The van der Waals surface area contributed by atoms with Crippen molar-refractivity contribution in [3.8, 4) is 0 Å². The molecule has 0 saturated carbocycles. The Hall–Kier alpha value is -3.03. The van der Waals surface area contributed by atoms with Gasteiger partial charge in [0.1, 0.15) is 5.82 Å². The third-order valence-corrected chi connectivity index (χ3v) is 6.82. The number of anilines is 2. The Kier molecular flexibility index (Phi) is 18.3. The molecule has 1 aliphatic rings. The molecule has 0 atom stereocenters. The number of aryl methyl sites for hydroxylation is 1. The third-order valence-electron chi connectivity index (χ3n) is 6.82. The number of nitrogen functional groups attached to an aromatic ring is 2. The summed E-state index contributed by atoms with van der Waals surface area (Å²) in [5, 5.41) is 5.33. The Labute approximate surface area is 246 Å². The maximum Gasteiger partial charge on any atom is 0.280 e. The average molecular weight is 578 g/mol. The number of carbonyl (C=O) groups excluding carboxylic acids is 2. The van der Waals surface area contributed by atoms with E-state index in [0.29, 0.717) is 12.1 Å². The summed E-state index contributed by atoms with van der Waals surface area (Å²) in [6.07, 6.45) is 9.16. The average Bonchev–Trinajstić information content (AvgIpc) is 3.16. The summed E-state index contributed by atoms with van der Waals surface area (Å²) in [6.45, 7) is 13.0. The first kappa shape index (κ1) is 36.0. The maximum absolute atomic E-state index is 11.8. The minimum Gasteiger partial charge on any atom is -0.382 e. The van der Waals surface area contributed by atoms with Crippen molar-refractivity contribution in [1.29, 1.82) is 0 Å². The Bertz CT molecular complexity index is 940. The number of aromatic nitrogens is 2. The molecule has 0 aliphatic carbocycles. The van der Waals surface area contributed by atoms with Crippen molar-refractivity contribution in [2.24, 2.45) is 10.7 Å². The van der Waals surface area contributed by atoms with Crippen LogP contribution in [0.2, 0.25) is 0 Å². The Morgan fingerprint density at radius 3 is 2.17 bits per heavy atom. The maximum atomic E-state index is 11.8. The van der Waals surface area contributed by atoms with Gasteiger partial charge in [-0.1, -0.05) is 19.8 Å². The molecule has 1 aliphatic heterocycles. The van der Waals surface area contributed by atoms with E-state index in [1.54, 1.807) is 6.92 Å². The predicted molar refractivity (Wildman–Crippen MR) is 168 cm³/mol. The van der Waals surface area contributed by atoms with Crippen molar-refractivity contribution in [1.82, 2.24) is 35.3 Å². The van der Waals surface area contributed by atoms with E-state index in [9.17, 15) is 9.59 Å². The third kappa shape index (κ3) is 16.1. The van der Waals surface area contributed by atoms with E-state index < -0.39 is 5.91 Å². The van der Waals surface area contributed by atoms with E-state index in [0.717, 1.165) is 38.9 Å². The second-order valence-electron chi connectivity index (χ2n) is 10.7. The highest BCUT2D eigenvalue weighted by atomic mass is 16.2. The highest BCUT2D eigenvalue weighted by Crippen LogP contribution is 2.11. The van der Waals surface area contributed by atoms with Gasteiger partial charge < -0.3 is 37.2 Å². The first-order chi connectivity index (χ1) is 19.6. The van der Waals surface area contributed by atoms with Gasteiger partial charge in [-0.05, 0) is 85.8 Å². The van der Waals surface area contributed by atoms with E-state index in [1.807, 2.05) is 0 Å². The number of aliphatic imine (C=N–C) groups is 1. The fraction of sp³-hybridized carbons (Fsp3) is 0.750. The molecule has 1 aromatic heterocycles. The Morgan fingerprint density at radius 2 is 1.59 bits per heavy atom. The van der Waals surface area contributed by atoms with Gasteiger partial charge in [0.15, 0.2) is 17.5 Å². The zero-order valence-corrected chi connectivity index (χ0v) is 26.0. The highest BCUT2D eigenvalue weighted by Gasteiger charge is 2.16. The van der Waals surface area contributed by atoms with E-state index in [-0.39, 0.29) is 29.2 Å². The molecule has 2 rings (SSSR count). The van der Waals surface area contributed by atoms with Crippen molar-refractivity contribution in [2.45, 2.75) is 65.2 Å². The van der Waals surface area contributed by atoms with E-state index in [2.05, 4.69) is 61.3 Å². The van der Waals surface area contributed by atoms with Gasteiger partial charge in [-0.3, -0.25) is 19.9 Å². The number of nitrogens with zero attached hydrogens (tertiary/aromatic N) is 6. The number of hydrogen-bond donors (Lipinski definition) is 5. The zero-order chi connectivity index (χ0) is 30.6. The van der Waals surface area contributed by atoms with Crippen LogP contribution in [0.25, 0.3) is 0 Å². The highest BCUT2D eigenvalue weighted by molar-refractivity contribution is 6.06. The topological polar surface area (TPSA) is 184 Å². The van der Waals surface area contributed by atoms with Crippen molar-refractivity contribution in [3.05, 3.63) is 11.4 Å². The van der Waals surface area contributed by atoms with Crippen LogP contribution in [-0.2, 0) is 4.79 Å². The minimum atomic E-state index is -0.573. The fourth-order valence-electron chi connectivity index (χ4n) is 4.33. The lowest BCUT2D eigenvalue weighted by atomic mass is 10.2. The van der Waals surface area contributed by atoms with Crippen LogP contribution in [0, 0.1) is 6.92 Å². The summed E-state index contributed by atoms with van der Waals surface area (Å²) in [6, 6.07) is 0. The lowest BCUT2D eigenvalue weighted by molar-refractivity contribution is -0.121. The van der Waals surface area contributed by atoms with Crippen LogP contribution < -0.4 is 27.8 Å². The number of amides is 2. The summed E-state index contributed by atoms with van der Waals surface area (Å²) in [5.41, 5.74) is 16.7. The van der Waals surface area contributed by atoms with Gasteiger partial charge >= 0.3 is 0 Å². The van der Waals surface area contributed by atoms with Crippen molar-refractivity contribution >= 4 is 29.4 Å². The molecule has 0 radical (unpaired) electrons. The minimum absolute atomic E-state index is 0.0271. The van der Waals surface area contributed by atoms with Crippen LogP contribution in [-0.4, -0.2) is 116 Å². The lowest BCUT2D eigenvalue weighted by Gasteiger charge is -2.21. The molecule has 1 fully saturated rings. The first-order valence-corrected chi connectivity index (χ1v) is 14.9. The quantitative estimate of drug-likeness (QED) is 0.122. The second kappa shape index (κ2) is 20.8. The number of unbranched alkanes of at least 4 members (excludes halogenated alkanes) is 3. The first-order valence-electron chi connectivity index (χ1n) is 14.9. The predicted octanol–water partition coefficient (Wildman–Crippen LogP) is 1.05. The number of nitrogens with two attached hydrogens (primary N) is 3. The van der Waals surface area contributed by atoms with Crippen molar-refractivity contribution < 1.29 is 9.59 Å². The summed E-state index contributed by atoms with van der Waals surface area (Å²) in [4.78, 5) is 42.1. The number of hydrogen-bond acceptors (Lipinski definition) is 10. The zero-order valence-electron chi connectivity index (χ0n) is 26.0. The van der Waals surface area contributed by atoms with E-state index in [1.165, 1.54) is 65.5 Å². The van der Waals surface area contributed by atoms with Crippen LogP contribution in [0.3, 0.4) is 0 Å². The number of rotatable bonds is 14.